The summed E-state index contributed by atoms with van der Waals surface area (Å²) in [5, 5.41) is 0. The minimum absolute atomic E-state index is 0.824. The van der Waals surface area contributed by atoms with Crippen LogP contribution in [0.2, 0.25) is 0 Å². The first kappa shape index (κ1) is 20.0. The Morgan fingerprint density at radius 2 is 1.25 bits per heavy atom. The van der Waals surface area contributed by atoms with E-state index in [9.17, 15) is 0 Å². The molecule has 0 amide bonds. The molecule has 0 fully saturated rings. The van der Waals surface area contributed by atoms with Gasteiger partial charge in [-0.2, -0.15) is 0 Å². The van der Waals surface area contributed by atoms with Crippen molar-refractivity contribution in [3.8, 4) is 0 Å². The molecule has 0 bridgehead atoms. The van der Waals surface area contributed by atoms with Crippen molar-refractivity contribution in [2.45, 2.75) is 93.9 Å². The molecule has 0 aliphatic carbocycles. The summed E-state index contributed by atoms with van der Waals surface area (Å²) in [4.78, 5) is 0. The van der Waals surface area contributed by atoms with E-state index in [0.717, 1.165) is 35.5 Å². The predicted molar refractivity (Wildman–Crippen MR) is 94.0 cm³/mol. The van der Waals surface area contributed by atoms with Crippen LogP contribution in [0.5, 0.6) is 0 Å². The standard InChI is InChI=1S/C20H42/c1-9-19(10-2)14-17(7)12-11-13-20(16(5)6)18(8)15(3)4/h15-20H,9-14H2,1-8H3. The van der Waals surface area contributed by atoms with Gasteiger partial charge in [0, 0.05) is 0 Å². The van der Waals surface area contributed by atoms with E-state index in [4.69, 9.17) is 0 Å². The van der Waals surface area contributed by atoms with Crippen LogP contribution in [0.3, 0.4) is 0 Å². The molecule has 0 aromatic rings. The van der Waals surface area contributed by atoms with Crippen molar-refractivity contribution < 1.29 is 0 Å². The second-order valence-electron chi connectivity index (χ2n) is 7.97. The Hall–Kier alpha value is 0. The fourth-order valence-corrected chi connectivity index (χ4v) is 3.71. The molecule has 3 atom stereocenters. The lowest BCUT2D eigenvalue weighted by Gasteiger charge is -2.31. The van der Waals surface area contributed by atoms with Crippen LogP contribution in [-0.2, 0) is 0 Å². The van der Waals surface area contributed by atoms with Gasteiger partial charge in [-0.1, -0.05) is 81.1 Å². The summed E-state index contributed by atoms with van der Waals surface area (Å²) in [5.41, 5.74) is 0. The van der Waals surface area contributed by atoms with Gasteiger partial charge in [0.15, 0.2) is 0 Å². The minimum Gasteiger partial charge on any atom is -0.0651 e. The van der Waals surface area contributed by atoms with Crippen LogP contribution in [-0.4, -0.2) is 0 Å². The van der Waals surface area contributed by atoms with E-state index in [2.05, 4.69) is 55.4 Å². The van der Waals surface area contributed by atoms with Crippen LogP contribution >= 0.6 is 0 Å². The first-order chi connectivity index (χ1) is 9.33. The van der Waals surface area contributed by atoms with E-state index < -0.39 is 0 Å². The summed E-state index contributed by atoms with van der Waals surface area (Å²) in [6, 6.07) is 0. The van der Waals surface area contributed by atoms with E-state index in [1.165, 1.54) is 38.5 Å². The van der Waals surface area contributed by atoms with Crippen molar-refractivity contribution in [1.29, 1.82) is 0 Å². The van der Waals surface area contributed by atoms with E-state index in [0.29, 0.717) is 0 Å². The van der Waals surface area contributed by atoms with Crippen LogP contribution < -0.4 is 0 Å². The molecule has 20 heavy (non-hydrogen) atoms. The molecule has 0 N–H and O–H groups in total. The van der Waals surface area contributed by atoms with Crippen molar-refractivity contribution in [3.05, 3.63) is 0 Å². The van der Waals surface area contributed by atoms with Crippen LogP contribution in [0, 0.1) is 35.5 Å². The highest BCUT2D eigenvalue weighted by Crippen LogP contribution is 2.32. The SMILES string of the molecule is CCC(CC)CC(C)CCCC(C(C)C)C(C)C(C)C. The average Bonchev–Trinajstić information content (AvgIpc) is 2.39. The van der Waals surface area contributed by atoms with Crippen molar-refractivity contribution >= 4 is 0 Å². The Morgan fingerprint density at radius 3 is 1.65 bits per heavy atom. The second-order valence-corrected chi connectivity index (χ2v) is 7.97. The van der Waals surface area contributed by atoms with Gasteiger partial charge in [-0.15, -0.1) is 0 Å². The molecule has 0 saturated heterocycles. The Kier molecular flexibility index (Phi) is 10.7. The zero-order valence-corrected chi connectivity index (χ0v) is 15.7. The molecule has 0 rings (SSSR count). The van der Waals surface area contributed by atoms with Gasteiger partial charge in [0.1, 0.15) is 0 Å². The highest BCUT2D eigenvalue weighted by atomic mass is 14.3. The average molecular weight is 283 g/mol. The maximum Gasteiger partial charge on any atom is -0.0363 e. The predicted octanol–water partition coefficient (Wildman–Crippen LogP) is 7.18. The topological polar surface area (TPSA) is 0 Å². The summed E-state index contributed by atoms with van der Waals surface area (Å²) in [6.07, 6.45) is 8.47. The fraction of sp³-hybridized carbons (Fsp3) is 1.00. The summed E-state index contributed by atoms with van der Waals surface area (Å²) in [6.45, 7) is 19.2. The Labute approximate surface area is 130 Å². The van der Waals surface area contributed by atoms with E-state index in [-0.39, 0.29) is 0 Å². The third kappa shape index (κ3) is 7.70. The molecule has 0 radical (unpaired) electrons. The molecule has 122 valence electrons. The Balaban J connectivity index is 4.11. The second kappa shape index (κ2) is 10.7. The van der Waals surface area contributed by atoms with Gasteiger partial charge >= 0.3 is 0 Å². The fourth-order valence-electron chi connectivity index (χ4n) is 3.71. The van der Waals surface area contributed by atoms with Crippen LogP contribution in [0.25, 0.3) is 0 Å². The monoisotopic (exact) mass is 282 g/mol. The molecule has 0 aromatic heterocycles. The van der Waals surface area contributed by atoms with Gasteiger partial charge in [0.25, 0.3) is 0 Å². The molecule has 0 heteroatoms. The zero-order valence-electron chi connectivity index (χ0n) is 15.7. The van der Waals surface area contributed by atoms with E-state index in [1.54, 1.807) is 0 Å². The molecule has 0 aliphatic rings. The summed E-state index contributed by atoms with van der Waals surface area (Å²) in [5.74, 6) is 5.31. The molecule has 0 nitrogen and oxygen atoms in total. The van der Waals surface area contributed by atoms with Gasteiger partial charge in [0.2, 0.25) is 0 Å². The molecule has 0 aliphatic heterocycles. The van der Waals surface area contributed by atoms with Gasteiger partial charge in [0.05, 0.1) is 0 Å². The maximum absolute atomic E-state index is 2.47. The number of hydrogen-bond acceptors (Lipinski definition) is 0. The number of hydrogen-bond donors (Lipinski definition) is 0. The van der Waals surface area contributed by atoms with E-state index in [1.807, 2.05) is 0 Å². The van der Waals surface area contributed by atoms with E-state index >= 15 is 0 Å². The number of rotatable bonds is 11. The lowest BCUT2D eigenvalue weighted by molar-refractivity contribution is 0.193. The van der Waals surface area contributed by atoms with Gasteiger partial charge in [-0.25, -0.2) is 0 Å². The molecular weight excluding hydrogens is 240 g/mol. The summed E-state index contributed by atoms with van der Waals surface area (Å²) in [7, 11) is 0. The third-order valence-electron chi connectivity index (χ3n) is 5.71. The zero-order chi connectivity index (χ0) is 15.7. The Morgan fingerprint density at radius 1 is 0.700 bits per heavy atom. The molecule has 0 aromatic carbocycles. The Bertz CT molecular complexity index is 212. The first-order valence-electron chi connectivity index (χ1n) is 9.33. The smallest absolute Gasteiger partial charge is 0.0363 e. The van der Waals surface area contributed by atoms with Crippen molar-refractivity contribution in [3.63, 3.8) is 0 Å². The minimum atomic E-state index is 0.824. The van der Waals surface area contributed by atoms with Gasteiger partial charge in [-0.3, -0.25) is 0 Å². The quantitative estimate of drug-likeness (QED) is 0.376. The molecule has 3 unspecified atom stereocenters. The van der Waals surface area contributed by atoms with Gasteiger partial charge in [-0.05, 0) is 48.3 Å². The van der Waals surface area contributed by atoms with Crippen molar-refractivity contribution in [1.82, 2.24) is 0 Å². The lowest BCUT2D eigenvalue weighted by Crippen LogP contribution is -2.22. The molecular formula is C20H42. The maximum atomic E-state index is 2.47. The van der Waals surface area contributed by atoms with Crippen LogP contribution in [0.4, 0.5) is 0 Å². The molecule has 0 spiro atoms. The normalized spacial score (nSPS) is 16.9. The highest BCUT2D eigenvalue weighted by Gasteiger charge is 2.23. The lowest BCUT2D eigenvalue weighted by atomic mass is 9.75. The van der Waals surface area contributed by atoms with Crippen LogP contribution in [0.15, 0.2) is 0 Å². The van der Waals surface area contributed by atoms with Crippen molar-refractivity contribution in [2.75, 3.05) is 0 Å². The van der Waals surface area contributed by atoms with Crippen molar-refractivity contribution in [2.24, 2.45) is 35.5 Å². The highest BCUT2D eigenvalue weighted by molar-refractivity contribution is 4.73. The first-order valence-corrected chi connectivity index (χ1v) is 9.33. The molecule has 0 heterocycles. The van der Waals surface area contributed by atoms with Gasteiger partial charge < -0.3 is 0 Å². The van der Waals surface area contributed by atoms with Crippen LogP contribution in [0.1, 0.15) is 93.9 Å². The largest absolute Gasteiger partial charge is 0.0651 e. The third-order valence-corrected chi connectivity index (χ3v) is 5.71. The molecule has 0 saturated carbocycles. The summed E-state index contributed by atoms with van der Waals surface area (Å²) >= 11 is 0. The summed E-state index contributed by atoms with van der Waals surface area (Å²) < 4.78 is 0.